The number of nitrogens with zero attached hydrogens (tertiary/aromatic N) is 3. The molecule has 0 saturated carbocycles. The van der Waals surface area contributed by atoms with Crippen LogP contribution >= 0.6 is 0 Å². The molecule has 3 N–H and O–H groups in total. The van der Waals surface area contributed by atoms with Crippen molar-refractivity contribution in [2.45, 2.75) is 24.8 Å². The fraction of sp³-hybridized carbons (Fsp3) is 0.308. The van der Waals surface area contributed by atoms with Crippen LogP contribution in [0.2, 0.25) is 0 Å². The molecule has 0 saturated heterocycles. The second-order valence-corrected chi connectivity index (χ2v) is 4.51. The summed E-state index contributed by atoms with van der Waals surface area (Å²) in [7, 11) is 0. The zero-order chi connectivity index (χ0) is 12.4. The number of hydrogen-bond donors (Lipinski definition) is 2. The number of nitrogens with one attached hydrogen (secondary N) is 1. The first-order valence-corrected chi connectivity index (χ1v) is 6.05. The summed E-state index contributed by atoms with van der Waals surface area (Å²) in [6.07, 6.45) is 9.08. The molecule has 5 heteroatoms. The van der Waals surface area contributed by atoms with Crippen LogP contribution in [0, 0.1) is 0 Å². The fourth-order valence-electron chi connectivity index (χ4n) is 2.68. The number of pyridine rings is 1. The van der Waals surface area contributed by atoms with Crippen LogP contribution in [0.5, 0.6) is 0 Å². The third-order valence-electron chi connectivity index (χ3n) is 3.52. The smallest absolute Gasteiger partial charge is 0.115 e. The summed E-state index contributed by atoms with van der Waals surface area (Å²) in [6.45, 7) is 0. The van der Waals surface area contributed by atoms with E-state index >= 15 is 0 Å². The van der Waals surface area contributed by atoms with Crippen molar-refractivity contribution in [3.05, 3.63) is 53.9 Å². The first-order valence-electron chi connectivity index (χ1n) is 6.05. The third-order valence-corrected chi connectivity index (χ3v) is 3.52. The van der Waals surface area contributed by atoms with Crippen LogP contribution in [-0.4, -0.2) is 15.0 Å². The van der Waals surface area contributed by atoms with Crippen molar-refractivity contribution in [3.63, 3.8) is 0 Å². The van der Waals surface area contributed by atoms with Crippen LogP contribution in [0.4, 0.5) is 0 Å². The number of aryl methyl sites for hydroxylation is 1. The average Bonchev–Trinajstić information content (AvgIpc) is 2.85. The van der Waals surface area contributed by atoms with Gasteiger partial charge in [-0.15, -0.1) is 0 Å². The Morgan fingerprint density at radius 3 is 2.94 bits per heavy atom. The molecule has 2 aromatic heterocycles. The molecule has 18 heavy (non-hydrogen) atoms. The lowest BCUT2D eigenvalue weighted by Crippen LogP contribution is -2.32. The van der Waals surface area contributed by atoms with Crippen LogP contribution in [0.25, 0.3) is 0 Å². The van der Waals surface area contributed by atoms with Gasteiger partial charge in [0.15, 0.2) is 0 Å². The largest absolute Gasteiger partial charge is 0.271 e. The van der Waals surface area contributed by atoms with E-state index in [2.05, 4.69) is 26.4 Å². The average molecular weight is 241 g/mol. The quantitative estimate of drug-likeness (QED) is 0.621. The molecule has 0 spiro atoms. The predicted molar refractivity (Wildman–Crippen MR) is 67.4 cm³/mol. The Morgan fingerprint density at radius 1 is 1.33 bits per heavy atom. The molecule has 0 amide bonds. The standard InChI is InChI=1S/C13H15N5/c14-18-13(10-6-15-8-16-7-10)11-4-3-9-2-1-5-17-12(9)11/h1-2,5-8,11,13,18H,3-4,14H2. The van der Waals surface area contributed by atoms with Crippen LogP contribution in [0.1, 0.15) is 35.2 Å². The minimum Gasteiger partial charge on any atom is -0.271 e. The van der Waals surface area contributed by atoms with Gasteiger partial charge >= 0.3 is 0 Å². The highest BCUT2D eigenvalue weighted by Crippen LogP contribution is 2.39. The van der Waals surface area contributed by atoms with Gasteiger partial charge in [-0.05, 0) is 24.5 Å². The van der Waals surface area contributed by atoms with Crippen LogP contribution in [-0.2, 0) is 6.42 Å². The second-order valence-electron chi connectivity index (χ2n) is 4.51. The zero-order valence-electron chi connectivity index (χ0n) is 9.95. The maximum atomic E-state index is 5.71. The van der Waals surface area contributed by atoms with Crippen molar-refractivity contribution in [1.82, 2.24) is 20.4 Å². The number of nitrogens with two attached hydrogens (primary N) is 1. The first kappa shape index (κ1) is 11.3. The Hall–Kier alpha value is -1.85. The lowest BCUT2D eigenvalue weighted by atomic mass is 9.93. The maximum Gasteiger partial charge on any atom is 0.115 e. The minimum atomic E-state index is 0.0161. The molecule has 2 atom stereocenters. The highest BCUT2D eigenvalue weighted by molar-refractivity contribution is 5.32. The number of hydrogen-bond acceptors (Lipinski definition) is 5. The summed E-state index contributed by atoms with van der Waals surface area (Å²) in [5.74, 6) is 6.00. The van der Waals surface area contributed by atoms with Gasteiger partial charge in [0.2, 0.25) is 0 Å². The van der Waals surface area contributed by atoms with Gasteiger partial charge in [0.1, 0.15) is 6.33 Å². The maximum absolute atomic E-state index is 5.71. The number of hydrazine groups is 1. The molecule has 1 aliphatic rings. The molecule has 0 fully saturated rings. The molecule has 2 heterocycles. The summed E-state index contributed by atoms with van der Waals surface area (Å²) < 4.78 is 0. The molecular weight excluding hydrogens is 226 g/mol. The van der Waals surface area contributed by atoms with Gasteiger partial charge in [-0.1, -0.05) is 6.07 Å². The summed E-state index contributed by atoms with van der Waals surface area (Å²) >= 11 is 0. The molecule has 0 bridgehead atoms. The Kier molecular flexibility index (Phi) is 3.00. The van der Waals surface area contributed by atoms with Crippen LogP contribution in [0.15, 0.2) is 37.1 Å². The van der Waals surface area contributed by atoms with Gasteiger partial charge in [0, 0.05) is 35.8 Å². The van der Waals surface area contributed by atoms with Crippen molar-refractivity contribution in [2.75, 3.05) is 0 Å². The van der Waals surface area contributed by atoms with Crippen LogP contribution < -0.4 is 11.3 Å². The van der Waals surface area contributed by atoms with Gasteiger partial charge < -0.3 is 0 Å². The van der Waals surface area contributed by atoms with E-state index < -0.39 is 0 Å². The lowest BCUT2D eigenvalue weighted by molar-refractivity contribution is 0.445. The molecule has 0 aromatic carbocycles. The van der Waals surface area contributed by atoms with E-state index in [-0.39, 0.29) is 12.0 Å². The SMILES string of the molecule is NNC(c1cncnc1)C1CCc2cccnc21. The number of fused-ring (bicyclic) bond motifs is 1. The van der Waals surface area contributed by atoms with E-state index in [0.29, 0.717) is 0 Å². The Labute approximate surface area is 105 Å². The van der Waals surface area contributed by atoms with E-state index in [1.807, 2.05) is 12.3 Å². The molecule has 2 unspecified atom stereocenters. The normalized spacial score (nSPS) is 19.5. The molecule has 2 aromatic rings. The van der Waals surface area contributed by atoms with Gasteiger partial charge in [0.25, 0.3) is 0 Å². The van der Waals surface area contributed by atoms with E-state index in [4.69, 9.17) is 5.84 Å². The Bertz CT molecular complexity index is 528. The molecule has 0 radical (unpaired) electrons. The van der Waals surface area contributed by atoms with E-state index in [0.717, 1.165) is 24.1 Å². The Balaban J connectivity index is 1.95. The summed E-state index contributed by atoms with van der Waals surface area (Å²) in [6, 6.07) is 4.14. The molecule has 0 aliphatic heterocycles. The molecule has 5 nitrogen and oxygen atoms in total. The minimum absolute atomic E-state index is 0.0161. The number of aromatic nitrogens is 3. The van der Waals surface area contributed by atoms with E-state index in [1.54, 1.807) is 12.4 Å². The molecule has 92 valence electrons. The van der Waals surface area contributed by atoms with Crippen molar-refractivity contribution in [3.8, 4) is 0 Å². The summed E-state index contributed by atoms with van der Waals surface area (Å²) in [5, 5.41) is 0. The van der Waals surface area contributed by atoms with E-state index in [1.165, 1.54) is 11.9 Å². The van der Waals surface area contributed by atoms with Gasteiger partial charge in [-0.2, -0.15) is 0 Å². The topological polar surface area (TPSA) is 76.7 Å². The molecule has 1 aliphatic carbocycles. The molecular formula is C13H15N5. The summed E-state index contributed by atoms with van der Waals surface area (Å²) in [5.41, 5.74) is 6.35. The van der Waals surface area contributed by atoms with Crippen molar-refractivity contribution >= 4 is 0 Å². The van der Waals surface area contributed by atoms with Crippen molar-refractivity contribution in [1.29, 1.82) is 0 Å². The zero-order valence-corrected chi connectivity index (χ0v) is 9.95. The molecule has 3 rings (SSSR count). The highest BCUT2D eigenvalue weighted by atomic mass is 15.2. The van der Waals surface area contributed by atoms with Crippen LogP contribution in [0.3, 0.4) is 0 Å². The van der Waals surface area contributed by atoms with Gasteiger partial charge in [-0.3, -0.25) is 16.3 Å². The van der Waals surface area contributed by atoms with Gasteiger partial charge in [-0.25, -0.2) is 9.97 Å². The van der Waals surface area contributed by atoms with Crippen molar-refractivity contribution in [2.24, 2.45) is 5.84 Å². The first-order chi connectivity index (χ1) is 8.90. The fourth-order valence-corrected chi connectivity index (χ4v) is 2.68. The monoisotopic (exact) mass is 241 g/mol. The summed E-state index contributed by atoms with van der Waals surface area (Å²) in [4.78, 5) is 12.6. The van der Waals surface area contributed by atoms with Crippen molar-refractivity contribution < 1.29 is 0 Å². The Morgan fingerprint density at radius 2 is 2.17 bits per heavy atom. The van der Waals surface area contributed by atoms with E-state index in [9.17, 15) is 0 Å². The highest BCUT2D eigenvalue weighted by Gasteiger charge is 2.31. The third kappa shape index (κ3) is 1.87. The second kappa shape index (κ2) is 4.80. The predicted octanol–water partition coefficient (Wildman–Crippen LogP) is 1.11. The lowest BCUT2D eigenvalue weighted by Gasteiger charge is -2.22. The van der Waals surface area contributed by atoms with Gasteiger partial charge in [0.05, 0.1) is 6.04 Å². The number of rotatable bonds is 3.